The molecule has 0 aliphatic rings. The van der Waals surface area contributed by atoms with E-state index in [4.69, 9.17) is 11.6 Å². The maximum Gasteiger partial charge on any atom is 0.126 e. The van der Waals surface area contributed by atoms with Gasteiger partial charge in [0.1, 0.15) is 5.82 Å². The highest BCUT2D eigenvalue weighted by Crippen LogP contribution is 2.37. The lowest BCUT2D eigenvalue weighted by molar-refractivity contribution is 0.587. The number of hydrogen-bond donors (Lipinski definition) is 1. The van der Waals surface area contributed by atoms with E-state index < -0.39 is 0 Å². The topological polar surface area (TPSA) is 12.0 Å². The van der Waals surface area contributed by atoms with Crippen LogP contribution in [0.1, 0.15) is 35.4 Å². The Balaban J connectivity index is 2.38. The summed E-state index contributed by atoms with van der Waals surface area (Å²) in [7, 11) is 0. The maximum atomic E-state index is 13.8. The molecule has 0 spiro atoms. The molecule has 0 amide bonds. The molecule has 2 aromatic rings. The fourth-order valence-corrected chi connectivity index (χ4v) is 3.82. The van der Waals surface area contributed by atoms with Crippen LogP contribution in [0.3, 0.4) is 0 Å². The van der Waals surface area contributed by atoms with Gasteiger partial charge in [0.05, 0.1) is 14.9 Å². The van der Waals surface area contributed by atoms with E-state index in [2.05, 4.69) is 28.2 Å². The van der Waals surface area contributed by atoms with E-state index in [9.17, 15) is 4.39 Å². The van der Waals surface area contributed by atoms with Gasteiger partial charge in [-0.1, -0.05) is 30.7 Å². The lowest BCUT2D eigenvalue weighted by atomic mass is 10.0. The third-order valence-corrected chi connectivity index (χ3v) is 5.62. The van der Waals surface area contributed by atoms with Crippen LogP contribution in [0.2, 0.25) is 5.02 Å². The first-order valence-electron chi connectivity index (χ1n) is 6.47. The summed E-state index contributed by atoms with van der Waals surface area (Å²) < 4.78 is 14.7. The van der Waals surface area contributed by atoms with Crippen molar-refractivity contribution >= 4 is 38.9 Å². The molecule has 2 rings (SSSR count). The molecule has 108 valence electrons. The molecular formula is C15H16BrClFNS. The van der Waals surface area contributed by atoms with Crippen LogP contribution in [0.5, 0.6) is 0 Å². The van der Waals surface area contributed by atoms with E-state index in [1.165, 1.54) is 0 Å². The molecule has 0 fully saturated rings. The van der Waals surface area contributed by atoms with Gasteiger partial charge in [0, 0.05) is 4.88 Å². The second-order valence-corrected chi connectivity index (χ2v) is 7.48. The van der Waals surface area contributed by atoms with Crippen LogP contribution in [0.25, 0.3) is 0 Å². The number of hydrogen-bond acceptors (Lipinski definition) is 2. The predicted molar refractivity (Wildman–Crippen MR) is 88.3 cm³/mol. The van der Waals surface area contributed by atoms with Crippen molar-refractivity contribution < 1.29 is 4.39 Å². The van der Waals surface area contributed by atoms with Gasteiger partial charge in [0.25, 0.3) is 0 Å². The summed E-state index contributed by atoms with van der Waals surface area (Å²) in [6.07, 6.45) is 1.02. The van der Waals surface area contributed by atoms with Crippen molar-refractivity contribution in [1.29, 1.82) is 0 Å². The van der Waals surface area contributed by atoms with Gasteiger partial charge in [0.15, 0.2) is 0 Å². The third kappa shape index (κ3) is 3.61. The largest absolute Gasteiger partial charge is 0.306 e. The number of nitrogens with one attached hydrogen (secondary N) is 1. The van der Waals surface area contributed by atoms with Crippen molar-refractivity contribution in [3.8, 4) is 0 Å². The molecule has 5 heteroatoms. The van der Waals surface area contributed by atoms with Crippen molar-refractivity contribution in [1.82, 2.24) is 5.32 Å². The van der Waals surface area contributed by atoms with Crippen LogP contribution in [0, 0.1) is 12.7 Å². The average molecular weight is 377 g/mol. The molecule has 1 aromatic carbocycles. The number of rotatable bonds is 5. The zero-order valence-corrected chi connectivity index (χ0v) is 14.5. The molecule has 0 aliphatic heterocycles. The van der Waals surface area contributed by atoms with E-state index >= 15 is 0 Å². The first-order valence-corrected chi connectivity index (χ1v) is 8.45. The maximum absolute atomic E-state index is 13.8. The number of thiophene rings is 1. The number of benzene rings is 1. The lowest BCUT2D eigenvalue weighted by Gasteiger charge is -2.18. The van der Waals surface area contributed by atoms with E-state index in [0.29, 0.717) is 10.6 Å². The molecule has 0 saturated carbocycles. The Labute approximate surface area is 136 Å². The summed E-state index contributed by atoms with van der Waals surface area (Å²) in [5.74, 6) is -0.174. The minimum atomic E-state index is -0.174. The summed E-state index contributed by atoms with van der Waals surface area (Å²) in [4.78, 5) is 1.08. The van der Waals surface area contributed by atoms with Crippen LogP contribution in [-0.2, 0) is 0 Å². The SMILES string of the molecule is CCCNC(c1ccc(C)c(F)c1)c1cc(Cl)c(Br)s1. The van der Waals surface area contributed by atoms with E-state index in [1.807, 2.05) is 18.2 Å². The Bertz CT molecular complexity index is 580. The van der Waals surface area contributed by atoms with Gasteiger partial charge in [-0.05, 0) is 59.1 Å². The van der Waals surface area contributed by atoms with Gasteiger partial charge in [-0.3, -0.25) is 0 Å². The van der Waals surface area contributed by atoms with E-state index in [1.54, 1.807) is 24.3 Å². The van der Waals surface area contributed by atoms with Crippen molar-refractivity contribution in [2.24, 2.45) is 0 Å². The Kier molecular flexibility index (Phi) is 5.61. The van der Waals surface area contributed by atoms with Crippen molar-refractivity contribution in [2.75, 3.05) is 6.54 Å². The zero-order valence-electron chi connectivity index (χ0n) is 11.3. The summed E-state index contributed by atoms with van der Waals surface area (Å²) in [6, 6.07) is 7.29. The number of halogens is 3. The molecule has 0 radical (unpaired) electrons. The van der Waals surface area contributed by atoms with Gasteiger partial charge in [-0.15, -0.1) is 11.3 Å². The summed E-state index contributed by atoms with van der Waals surface area (Å²) in [5, 5.41) is 4.15. The van der Waals surface area contributed by atoms with Gasteiger partial charge in [-0.25, -0.2) is 4.39 Å². The molecule has 1 unspecified atom stereocenters. The van der Waals surface area contributed by atoms with Crippen LogP contribution >= 0.6 is 38.9 Å². The van der Waals surface area contributed by atoms with Crippen molar-refractivity contribution in [3.05, 3.63) is 54.9 Å². The van der Waals surface area contributed by atoms with Gasteiger partial charge in [-0.2, -0.15) is 0 Å². The minimum absolute atomic E-state index is 0.0288. The fourth-order valence-electron chi connectivity index (χ4n) is 1.97. The summed E-state index contributed by atoms with van der Waals surface area (Å²) in [5.41, 5.74) is 1.58. The van der Waals surface area contributed by atoms with E-state index in [0.717, 1.165) is 27.2 Å². The highest BCUT2D eigenvalue weighted by Gasteiger charge is 2.18. The molecular weight excluding hydrogens is 361 g/mol. The van der Waals surface area contributed by atoms with Gasteiger partial charge < -0.3 is 5.32 Å². The molecule has 0 aliphatic carbocycles. The van der Waals surface area contributed by atoms with Gasteiger partial charge >= 0.3 is 0 Å². The molecule has 0 saturated heterocycles. The predicted octanol–water partition coefficient (Wildman–Crippen LogP) is 5.70. The first-order chi connectivity index (χ1) is 9.52. The summed E-state index contributed by atoms with van der Waals surface area (Å²) in [6.45, 7) is 4.75. The Morgan fingerprint density at radius 2 is 2.15 bits per heavy atom. The monoisotopic (exact) mass is 375 g/mol. The highest BCUT2D eigenvalue weighted by atomic mass is 79.9. The second-order valence-electron chi connectivity index (χ2n) is 4.67. The quantitative estimate of drug-likeness (QED) is 0.705. The zero-order chi connectivity index (χ0) is 14.7. The number of aryl methyl sites for hydroxylation is 1. The highest BCUT2D eigenvalue weighted by molar-refractivity contribution is 9.11. The van der Waals surface area contributed by atoms with Crippen LogP contribution in [0.4, 0.5) is 4.39 Å². The Hall–Kier alpha value is -0.420. The molecule has 1 atom stereocenters. The summed E-state index contributed by atoms with van der Waals surface area (Å²) >= 11 is 11.1. The molecule has 1 nitrogen and oxygen atoms in total. The van der Waals surface area contributed by atoms with Crippen molar-refractivity contribution in [2.45, 2.75) is 26.3 Å². The molecule has 1 N–H and O–H groups in total. The Morgan fingerprint density at radius 3 is 2.70 bits per heavy atom. The van der Waals surface area contributed by atoms with Crippen LogP contribution in [-0.4, -0.2) is 6.54 Å². The molecule has 1 heterocycles. The van der Waals surface area contributed by atoms with Crippen molar-refractivity contribution in [3.63, 3.8) is 0 Å². The average Bonchev–Trinajstić information content (AvgIpc) is 2.74. The van der Waals surface area contributed by atoms with Crippen LogP contribution in [0.15, 0.2) is 28.1 Å². The molecule has 0 bridgehead atoms. The Morgan fingerprint density at radius 1 is 1.40 bits per heavy atom. The van der Waals surface area contributed by atoms with Crippen LogP contribution < -0.4 is 5.32 Å². The standard InChI is InChI=1S/C15H16BrClFNS/c1-3-6-19-14(13-8-11(17)15(16)20-13)10-5-4-9(2)12(18)7-10/h4-5,7-8,14,19H,3,6H2,1-2H3. The first kappa shape index (κ1) is 16.0. The molecule has 20 heavy (non-hydrogen) atoms. The third-order valence-electron chi connectivity index (χ3n) is 3.08. The van der Waals surface area contributed by atoms with Gasteiger partial charge in [0.2, 0.25) is 0 Å². The van der Waals surface area contributed by atoms with E-state index in [-0.39, 0.29) is 11.9 Å². The second kappa shape index (κ2) is 7.03. The smallest absolute Gasteiger partial charge is 0.126 e. The molecule has 1 aromatic heterocycles. The minimum Gasteiger partial charge on any atom is -0.306 e. The lowest BCUT2D eigenvalue weighted by Crippen LogP contribution is -2.22. The fraction of sp³-hybridized carbons (Fsp3) is 0.333. The normalized spacial score (nSPS) is 12.7.